The number of rotatable bonds is 3. The quantitative estimate of drug-likeness (QED) is 0.769. The van der Waals surface area contributed by atoms with Gasteiger partial charge in [0.05, 0.1) is 12.0 Å². The van der Waals surface area contributed by atoms with E-state index in [0.29, 0.717) is 30.2 Å². The van der Waals surface area contributed by atoms with Crippen LogP contribution in [0.4, 0.5) is 0 Å². The van der Waals surface area contributed by atoms with E-state index in [4.69, 9.17) is 0 Å². The Morgan fingerprint density at radius 3 is 2.70 bits per heavy atom. The Hall–Kier alpha value is -1.83. The molecule has 1 aromatic carbocycles. The average molecular weight is 265 g/mol. The molecule has 2 aliphatic carbocycles. The lowest BCUT2D eigenvalue weighted by atomic mass is 9.82. The number of allylic oxidation sites excluding steroid dienone is 2. The molecule has 1 aromatic rings. The monoisotopic (exact) mass is 265 g/mol. The van der Waals surface area contributed by atoms with Gasteiger partial charge in [0, 0.05) is 12.5 Å². The zero-order chi connectivity index (χ0) is 13.7. The molecule has 1 saturated heterocycles. The van der Waals surface area contributed by atoms with Crippen LogP contribution in [0.15, 0.2) is 55.1 Å². The summed E-state index contributed by atoms with van der Waals surface area (Å²) in [5, 5.41) is 0. The molecule has 4 rings (SSSR count). The first-order valence-electron chi connectivity index (χ1n) is 7.45. The van der Waals surface area contributed by atoms with Crippen molar-refractivity contribution in [3.05, 3.63) is 60.7 Å². The molecule has 102 valence electrons. The van der Waals surface area contributed by atoms with E-state index in [1.807, 2.05) is 29.2 Å². The van der Waals surface area contributed by atoms with E-state index in [0.717, 1.165) is 0 Å². The Balaban J connectivity index is 1.64. The van der Waals surface area contributed by atoms with Gasteiger partial charge in [-0.3, -0.25) is 4.79 Å². The number of fused-ring (bicyclic) bond motifs is 5. The van der Waals surface area contributed by atoms with Crippen molar-refractivity contribution in [2.24, 2.45) is 23.7 Å². The Bertz CT molecular complexity index is 576. The number of carbonyl (C=O) groups is 1. The molecule has 0 unspecified atom stereocenters. The van der Waals surface area contributed by atoms with Gasteiger partial charge in [-0.15, -0.1) is 6.58 Å². The molecule has 0 N–H and O–H groups in total. The first kappa shape index (κ1) is 12.0. The van der Waals surface area contributed by atoms with Gasteiger partial charge in [-0.05, 0) is 23.8 Å². The van der Waals surface area contributed by atoms with Crippen LogP contribution in [-0.2, 0) is 11.3 Å². The van der Waals surface area contributed by atoms with Gasteiger partial charge in [-0.2, -0.15) is 0 Å². The molecular formula is C18H19NO. The van der Waals surface area contributed by atoms with E-state index in [9.17, 15) is 4.79 Å². The highest BCUT2D eigenvalue weighted by molar-refractivity contribution is 5.84. The van der Waals surface area contributed by atoms with E-state index in [1.165, 1.54) is 12.0 Å². The summed E-state index contributed by atoms with van der Waals surface area (Å²) in [6, 6.07) is 10.5. The van der Waals surface area contributed by atoms with E-state index in [2.05, 4.69) is 30.9 Å². The van der Waals surface area contributed by atoms with Gasteiger partial charge >= 0.3 is 0 Å². The molecule has 1 aliphatic heterocycles. The second-order valence-corrected chi connectivity index (χ2v) is 6.23. The Morgan fingerprint density at radius 1 is 1.20 bits per heavy atom. The van der Waals surface area contributed by atoms with Crippen LogP contribution in [0.2, 0.25) is 0 Å². The van der Waals surface area contributed by atoms with E-state index < -0.39 is 0 Å². The fraction of sp³-hybridized carbons (Fsp3) is 0.389. The van der Waals surface area contributed by atoms with Crippen LogP contribution >= 0.6 is 0 Å². The third-order valence-electron chi connectivity index (χ3n) is 5.28. The molecule has 1 heterocycles. The number of hydrogen-bond acceptors (Lipinski definition) is 1. The highest BCUT2D eigenvalue weighted by Gasteiger charge is 2.57. The summed E-state index contributed by atoms with van der Waals surface area (Å²) in [5.74, 6) is 2.05. The van der Waals surface area contributed by atoms with Gasteiger partial charge < -0.3 is 4.90 Å². The molecule has 0 aromatic heterocycles. The van der Waals surface area contributed by atoms with Gasteiger partial charge in [0.1, 0.15) is 0 Å². The largest absolute Gasteiger partial charge is 0.331 e. The second-order valence-electron chi connectivity index (χ2n) is 6.23. The molecule has 2 nitrogen and oxygen atoms in total. The highest BCUT2D eigenvalue weighted by Crippen LogP contribution is 2.54. The first-order valence-corrected chi connectivity index (χ1v) is 7.45. The fourth-order valence-corrected chi connectivity index (χ4v) is 4.47. The van der Waals surface area contributed by atoms with Gasteiger partial charge in [-0.1, -0.05) is 48.6 Å². The minimum Gasteiger partial charge on any atom is -0.331 e. The van der Waals surface area contributed by atoms with E-state index >= 15 is 0 Å². The summed E-state index contributed by atoms with van der Waals surface area (Å²) < 4.78 is 0. The van der Waals surface area contributed by atoms with Gasteiger partial charge in [0.15, 0.2) is 0 Å². The SMILES string of the molecule is C=C[C@H]1[C@H]2[C@@H](C(=O)N1Cc1ccccc1)[C@H]1C=C[C@@H]2C1. The summed E-state index contributed by atoms with van der Waals surface area (Å²) >= 11 is 0. The molecule has 20 heavy (non-hydrogen) atoms. The molecule has 0 radical (unpaired) electrons. The van der Waals surface area contributed by atoms with Crippen molar-refractivity contribution in [2.75, 3.05) is 0 Å². The van der Waals surface area contributed by atoms with Crippen LogP contribution in [0.3, 0.4) is 0 Å². The van der Waals surface area contributed by atoms with Crippen molar-refractivity contribution in [3.63, 3.8) is 0 Å². The maximum Gasteiger partial charge on any atom is 0.227 e. The number of carbonyl (C=O) groups excluding carboxylic acids is 1. The Morgan fingerprint density at radius 2 is 1.95 bits per heavy atom. The predicted molar refractivity (Wildman–Crippen MR) is 78.7 cm³/mol. The lowest BCUT2D eigenvalue weighted by Gasteiger charge is -2.27. The summed E-state index contributed by atoms with van der Waals surface area (Å²) in [7, 11) is 0. The topological polar surface area (TPSA) is 20.3 Å². The number of benzene rings is 1. The zero-order valence-electron chi connectivity index (χ0n) is 11.5. The van der Waals surface area contributed by atoms with Crippen LogP contribution in [0.1, 0.15) is 12.0 Å². The summed E-state index contributed by atoms with van der Waals surface area (Å²) in [6.07, 6.45) is 7.74. The number of hydrogen-bond donors (Lipinski definition) is 0. The maximum absolute atomic E-state index is 12.8. The van der Waals surface area contributed by atoms with Crippen LogP contribution in [0.25, 0.3) is 0 Å². The third kappa shape index (κ3) is 1.54. The first-order chi connectivity index (χ1) is 9.79. The van der Waals surface area contributed by atoms with E-state index in [1.54, 1.807) is 0 Å². The molecule has 2 fully saturated rings. The number of nitrogens with zero attached hydrogens (tertiary/aromatic N) is 1. The Kier molecular flexibility index (Phi) is 2.59. The highest BCUT2D eigenvalue weighted by atomic mass is 16.2. The van der Waals surface area contributed by atoms with Gasteiger partial charge in [0.2, 0.25) is 5.91 Å². The fourth-order valence-electron chi connectivity index (χ4n) is 4.47. The van der Waals surface area contributed by atoms with E-state index in [-0.39, 0.29) is 12.0 Å². The minimum absolute atomic E-state index is 0.202. The lowest BCUT2D eigenvalue weighted by Crippen LogP contribution is -2.35. The number of likely N-dealkylation sites (tertiary alicyclic amines) is 1. The molecule has 5 atom stereocenters. The predicted octanol–water partition coefficient (Wildman–Crippen LogP) is 3.02. The molecule has 3 aliphatic rings. The standard InChI is InChI=1S/C18H19NO/c1-2-15-16-13-8-9-14(10-13)17(16)18(20)19(15)11-12-6-4-3-5-7-12/h2-9,13-17H,1,10-11H2/t13-,14+,15+,16+,17+/m1/s1. The zero-order valence-corrected chi connectivity index (χ0v) is 11.5. The van der Waals surface area contributed by atoms with Gasteiger partial charge in [0.25, 0.3) is 0 Å². The Labute approximate surface area is 119 Å². The second kappa shape index (κ2) is 4.34. The van der Waals surface area contributed by atoms with Crippen LogP contribution in [0.5, 0.6) is 0 Å². The van der Waals surface area contributed by atoms with Crippen molar-refractivity contribution in [2.45, 2.75) is 19.0 Å². The molecule has 2 heteroatoms. The molecule has 1 amide bonds. The summed E-state index contributed by atoms with van der Waals surface area (Å²) in [6.45, 7) is 4.71. The molecule has 2 bridgehead atoms. The third-order valence-corrected chi connectivity index (χ3v) is 5.28. The smallest absolute Gasteiger partial charge is 0.227 e. The van der Waals surface area contributed by atoms with Crippen molar-refractivity contribution < 1.29 is 4.79 Å². The minimum atomic E-state index is 0.202. The normalized spacial score (nSPS) is 37.5. The maximum atomic E-state index is 12.8. The van der Waals surface area contributed by atoms with Crippen LogP contribution in [-0.4, -0.2) is 16.8 Å². The molecular weight excluding hydrogens is 246 g/mol. The van der Waals surface area contributed by atoms with Crippen LogP contribution < -0.4 is 0 Å². The lowest BCUT2D eigenvalue weighted by molar-refractivity contribution is -0.132. The van der Waals surface area contributed by atoms with Gasteiger partial charge in [-0.25, -0.2) is 0 Å². The number of amides is 1. The summed E-state index contributed by atoms with van der Waals surface area (Å²) in [5.41, 5.74) is 1.20. The van der Waals surface area contributed by atoms with Crippen LogP contribution in [0, 0.1) is 23.7 Å². The average Bonchev–Trinajstić information content (AvgIpc) is 3.14. The summed E-state index contributed by atoms with van der Waals surface area (Å²) in [4.78, 5) is 14.8. The van der Waals surface area contributed by atoms with Crippen molar-refractivity contribution >= 4 is 5.91 Å². The van der Waals surface area contributed by atoms with Crippen molar-refractivity contribution in [1.82, 2.24) is 4.90 Å². The van der Waals surface area contributed by atoms with Crippen molar-refractivity contribution in [3.8, 4) is 0 Å². The van der Waals surface area contributed by atoms with Crippen molar-refractivity contribution in [1.29, 1.82) is 0 Å². The molecule has 0 spiro atoms. The molecule has 1 saturated carbocycles.